The minimum atomic E-state index is -0.904. The molecule has 116 valence electrons. The topological polar surface area (TPSA) is 46.5 Å². The van der Waals surface area contributed by atoms with Gasteiger partial charge in [0.2, 0.25) is 0 Å². The molecule has 0 radical (unpaired) electrons. The van der Waals surface area contributed by atoms with Crippen LogP contribution in [0.5, 0.6) is 5.75 Å². The average Bonchev–Trinajstić information content (AvgIpc) is 2.43. The van der Waals surface area contributed by atoms with Crippen LogP contribution in [0.15, 0.2) is 23.1 Å². The van der Waals surface area contributed by atoms with Crippen molar-refractivity contribution < 1.29 is 14.6 Å². The number of hydrogen-bond donors (Lipinski definition) is 1. The maximum Gasteiger partial charge on any atom is 0.340 e. The minimum Gasteiger partial charge on any atom is -0.489 e. The van der Waals surface area contributed by atoms with Gasteiger partial charge >= 0.3 is 5.97 Å². The highest BCUT2D eigenvalue weighted by atomic mass is 32.2. The van der Waals surface area contributed by atoms with Crippen LogP contribution >= 0.6 is 11.8 Å². The molecule has 0 aromatic heterocycles. The number of aromatic carboxylic acids is 1. The van der Waals surface area contributed by atoms with Gasteiger partial charge in [-0.15, -0.1) is 11.8 Å². The maximum atomic E-state index is 11.6. The predicted octanol–water partition coefficient (Wildman–Crippen LogP) is 4.70. The lowest BCUT2D eigenvalue weighted by molar-refractivity contribution is 0.0670. The van der Waals surface area contributed by atoms with Crippen molar-refractivity contribution in [2.45, 2.75) is 51.0 Å². The molecule has 1 saturated carbocycles. The molecule has 0 heterocycles. The number of ether oxygens (including phenoxy) is 1. The van der Waals surface area contributed by atoms with Crippen molar-refractivity contribution in [3.05, 3.63) is 23.8 Å². The summed E-state index contributed by atoms with van der Waals surface area (Å²) in [5, 5.41) is 9.50. The molecule has 1 aromatic rings. The van der Waals surface area contributed by atoms with E-state index in [1.54, 1.807) is 17.8 Å². The number of carbonyl (C=O) groups is 1. The van der Waals surface area contributed by atoms with Gasteiger partial charge in [0, 0.05) is 4.90 Å². The van der Waals surface area contributed by atoms with Crippen LogP contribution in [0.1, 0.15) is 50.4 Å². The quantitative estimate of drug-likeness (QED) is 0.801. The molecule has 1 N–H and O–H groups in total. The van der Waals surface area contributed by atoms with Gasteiger partial charge in [-0.2, -0.15) is 0 Å². The second-order valence-corrected chi connectivity index (χ2v) is 7.18. The molecule has 1 aromatic carbocycles. The highest BCUT2D eigenvalue weighted by Gasteiger charge is 2.27. The first-order chi connectivity index (χ1) is 10.0. The molecule has 0 saturated heterocycles. The smallest absolute Gasteiger partial charge is 0.340 e. The second-order valence-electron chi connectivity index (χ2n) is 5.87. The Morgan fingerprint density at radius 3 is 2.71 bits per heavy atom. The molecule has 1 aliphatic carbocycles. The van der Waals surface area contributed by atoms with Crippen molar-refractivity contribution in [2.24, 2.45) is 11.8 Å². The third kappa shape index (κ3) is 3.94. The van der Waals surface area contributed by atoms with Crippen LogP contribution in [0.4, 0.5) is 0 Å². The lowest BCUT2D eigenvalue weighted by Crippen LogP contribution is -2.29. The number of carboxylic acids is 1. The van der Waals surface area contributed by atoms with Gasteiger partial charge in [-0.3, -0.25) is 0 Å². The van der Waals surface area contributed by atoms with Crippen LogP contribution in [0.3, 0.4) is 0 Å². The van der Waals surface area contributed by atoms with Gasteiger partial charge < -0.3 is 9.84 Å². The van der Waals surface area contributed by atoms with E-state index < -0.39 is 5.97 Å². The van der Waals surface area contributed by atoms with E-state index in [0.717, 1.165) is 35.8 Å². The first-order valence-electron chi connectivity index (χ1n) is 7.68. The monoisotopic (exact) mass is 308 g/mol. The first-order valence-corrected chi connectivity index (χ1v) is 8.67. The zero-order valence-electron chi connectivity index (χ0n) is 13.0. The average molecular weight is 308 g/mol. The molecule has 0 bridgehead atoms. The molecule has 2 rings (SSSR count). The van der Waals surface area contributed by atoms with Crippen LogP contribution in [0.2, 0.25) is 0 Å². The normalized spacial score (nSPS) is 25.6. The summed E-state index contributed by atoms with van der Waals surface area (Å²) >= 11 is 1.55. The van der Waals surface area contributed by atoms with E-state index in [-0.39, 0.29) is 6.10 Å². The van der Waals surface area contributed by atoms with Crippen molar-refractivity contribution in [1.29, 1.82) is 0 Å². The number of hydrogen-bond acceptors (Lipinski definition) is 3. The molecule has 4 heteroatoms. The fourth-order valence-corrected chi connectivity index (χ4v) is 3.70. The van der Waals surface area contributed by atoms with Gasteiger partial charge in [0.15, 0.2) is 0 Å². The number of thioether (sulfide) groups is 1. The van der Waals surface area contributed by atoms with Crippen LogP contribution in [-0.4, -0.2) is 22.9 Å². The summed E-state index contributed by atoms with van der Waals surface area (Å²) in [6.45, 7) is 6.55. The molecule has 0 amide bonds. The molecule has 0 spiro atoms. The first kappa shape index (κ1) is 16.2. The zero-order valence-corrected chi connectivity index (χ0v) is 13.8. The Morgan fingerprint density at radius 2 is 2.10 bits per heavy atom. The summed E-state index contributed by atoms with van der Waals surface area (Å²) in [6.07, 6.45) is 3.30. The van der Waals surface area contributed by atoms with E-state index in [9.17, 15) is 9.90 Å². The van der Waals surface area contributed by atoms with Gasteiger partial charge in [0.1, 0.15) is 11.3 Å². The summed E-state index contributed by atoms with van der Waals surface area (Å²) in [4.78, 5) is 12.4. The molecule has 3 unspecified atom stereocenters. The van der Waals surface area contributed by atoms with Crippen LogP contribution in [0.25, 0.3) is 0 Å². The Hall–Kier alpha value is -1.16. The molecule has 3 atom stereocenters. The Kier molecular flexibility index (Phi) is 5.57. The molecular formula is C17H24O3S. The Morgan fingerprint density at radius 1 is 1.33 bits per heavy atom. The Bertz CT molecular complexity index is 501. The zero-order chi connectivity index (χ0) is 15.4. The van der Waals surface area contributed by atoms with Crippen LogP contribution in [-0.2, 0) is 0 Å². The molecule has 1 fully saturated rings. The molecule has 0 aliphatic heterocycles. The second kappa shape index (κ2) is 7.21. The lowest BCUT2D eigenvalue weighted by Gasteiger charge is -2.32. The van der Waals surface area contributed by atoms with Crippen LogP contribution < -0.4 is 4.74 Å². The maximum absolute atomic E-state index is 11.6. The van der Waals surface area contributed by atoms with E-state index in [0.29, 0.717) is 17.2 Å². The highest BCUT2D eigenvalue weighted by Crippen LogP contribution is 2.35. The summed E-state index contributed by atoms with van der Waals surface area (Å²) in [7, 11) is 0. The van der Waals surface area contributed by atoms with Crippen molar-refractivity contribution in [1.82, 2.24) is 0 Å². The van der Waals surface area contributed by atoms with E-state index in [4.69, 9.17) is 4.74 Å². The van der Waals surface area contributed by atoms with E-state index in [1.165, 1.54) is 0 Å². The van der Waals surface area contributed by atoms with E-state index in [1.807, 2.05) is 19.1 Å². The molecular weight excluding hydrogens is 284 g/mol. The van der Waals surface area contributed by atoms with Crippen molar-refractivity contribution in [3.8, 4) is 5.75 Å². The molecule has 3 nitrogen and oxygen atoms in total. The van der Waals surface area contributed by atoms with Crippen LogP contribution in [0, 0.1) is 11.8 Å². The Labute approximate surface area is 131 Å². The summed E-state index contributed by atoms with van der Waals surface area (Å²) in [5.41, 5.74) is 0.315. The fourth-order valence-electron chi connectivity index (χ4n) is 2.88. The SMILES string of the molecule is CCSc1cccc(OC2CCC(C)C(C)C2)c1C(=O)O. The van der Waals surface area contributed by atoms with Gasteiger partial charge in [-0.25, -0.2) is 4.79 Å². The summed E-state index contributed by atoms with van der Waals surface area (Å²) in [5.74, 6) is 1.82. The van der Waals surface area contributed by atoms with Gasteiger partial charge in [0.05, 0.1) is 6.10 Å². The van der Waals surface area contributed by atoms with E-state index in [2.05, 4.69) is 13.8 Å². The molecule has 21 heavy (non-hydrogen) atoms. The predicted molar refractivity (Wildman–Crippen MR) is 86.4 cm³/mol. The largest absolute Gasteiger partial charge is 0.489 e. The van der Waals surface area contributed by atoms with Gasteiger partial charge in [-0.1, -0.05) is 26.8 Å². The summed E-state index contributed by atoms with van der Waals surface area (Å²) < 4.78 is 6.06. The van der Waals surface area contributed by atoms with E-state index >= 15 is 0 Å². The fraction of sp³-hybridized carbons (Fsp3) is 0.588. The van der Waals surface area contributed by atoms with Gasteiger partial charge in [0.25, 0.3) is 0 Å². The summed E-state index contributed by atoms with van der Waals surface area (Å²) in [6, 6.07) is 5.52. The third-order valence-electron chi connectivity index (χ3n) is 4.35. The number of carboxylic acid groups (broad SMARTS) is 1. The lowest BCUT2D eigenvalue weighted by atomic mass is 9.80. The van der Waals surface area contributed by atoms with Gasteiger partial charge in [-0.05, 0) is 49.0 Å². The van der Waals surface area contributed by atoms with Crippen molar-refractivity contribution in [2.75, 3.05) is 5.75 Å². The number of benzene rings is 1. The minimum absolute atomic E-state index is 0.135. The standard InChI is InChI=1S/C17H24O3S/c1-4-21-15-7-5-6-14(16(15)17(18)19)20-13-9-8-11(2)12(3)10-13/h5-7,11-13H,4,8-10H2,1-3H3,(H,18,19). The van der Waals surface area contributed by atoms with Crippen molar-refractivity contribution in [3.63, 3.8) is 0 Å². The number of rotatable bonds is 5. The van der Waals surface area contributed by atoms with Crippen molar-refractivity contribution >= 4 is 17.7 Å². The highest BCUT2D eigenvalue weighted by molar-refractivity contribution is 7.99. The Balaban J connectivity index is 2.19. The molecule has 1 aliphatic rings. The third-order valence-corrected chi connectivity index (χ3v) is 5.29.